The fraction of sp³-hybridized carbons (Fsp3) is 0.326. The van der Waals surface area contributed by atoms with Crippen molar-refractivity contribution in [2.75, 3.05) is 25.1 Å². The van der Waals surface area contributed by atoms with Gasteiger partial charge in [0.25, 0.3) is 0 Å². The highest BCUT2D eigenvalue weighted by Gasteiger charge is 2.56. The maximum absolute atomic E-state index is 14.3. The average molecular weight is 769 g/mol. The second-order valence-corrected chi connectivity index (χ2v) is 15.6. The quantitative estimate of drug-likeness (QED) is 0.103. The molecule has 4 aromatic carbocycles. The van der Waals surface area contributed by atoms with Crippen molar-refractivity contribution in [1.82, 2.24) is 14.8 Å². The molecule has 0 aliphatic carbocycles. The summed E-state index contributed by atoms with van der Waals surface area (Å²) >= 11 is 0. The number of ether oxygens (including phenoxy) is 3. The predicted molar refractivity (Wildman–Crippen MR) is 217 cm³/mol. The topological polar surface area (TPSA) is 119 Å². The lowest BCUT2D eigenvalue weighted by molar-refractivity contribution is -0.171. The molecule has 294 valence electrons. The van der Waals surface area contributed by atoms with Crippen LogP contribution in [0.1, 0.15) is 61.8 Å². The Kier molecular flexibility index (Phi) is 11.5. The van der Waals surface area contributed by atoms with E-state index in [0.29, 0.717) is 30.2 Å². The first-order valence-corrected chi connectivity index (χ1v) is 19.4. The van der Waals surface area contributed by atoms with Crippen LogP contribution in [0.4, 0.5) is 15.4 Å². The minimum Gasteiger partial charge on any atom is -0.497 e. The van der Waals surface area contributed by atoms with Gasteiger partial charge >= 0.3 is 18.1 Å². The van der Waals surface area contributed by atoms with Gasteiger partial charge in [-0.15, -0.1) is 0 Å². The van der Waals surface area contributed by atoms with Gasteiger partial charge in [-0.05, 0) is 97.3 Å². The Balaban J connectivity index is 1.13. The van der Waals surface area contributed by atoms with Crippen LogP contribution in [0.3, 0.4) is 0 Å². The van der Waals surface area contributed by atoms with Gasteiger partial charge in [0.15, 0.2) is 6.04 Å². The number of imide groups is 1. The fourth-order valence-corrected chi connectivity index (χ4v) is 7.67. The number of anilines is 1. The van der Waals surface area contributed by atoms with Gasteiger partial charge < -0.3 is 19.1 Å². The van der Waals surface area contributed by atoms with Crippen molar-refractivity contribution < 1.29 is 33.4 Å². The molecule has 1 aromatic heterocycles. The van der Waals surface area contributed by atoms with E-state index in [9.17, 15) is 19.2 Å². The summed E-state index contributed by atoms with van der Waals surface area (Å²) in [5, 5.41) is 2.28. The molecule has 0 spiro atoms. The first-order valence-electron chi connectivity index (χ1n) is 19.4. The number of carbonyl (C=O) groups excluding carboxylic acids is 4. The molecule has 2 aliphatic heterocycles. The number of pyridine rings is 1. The summed E-state index contributed by atoms with van der Waals surface area (Å²) in [6, 6.07) is 32.9. The zero-order valence-corrected chi connectivity index (χ0v) is 32.8. The molecule has 2 saturated heterocycles. The van der Waals surface area contributed by atoms with Crippen LogP contribution in [0.25, 0.3) is 10.8 Å². The number of hydrogen-bond acceptors (Lipinski definition) is 8. The van der Waals surface area contributed by atoms with Gasteiger partial charge in [0.2, 0.25) is 5.91 Å². The number of urea groups is 1. The normalized spacial score (nSPS) is 18.1. The van der Waals surface area contributed by atoms with Gasteiger partial charge in [-0.2, -0.15) is 0 Å². The SMILES string of the molecule is COc1ccc(CN(C(=O)OC(C)(C)C)c2cc(C[C@H]3C(=O)N(C(=O)N4CCCC(c5cccc6ccccc56)C4)[C@@H]3C(=O)OCc3ccccc3)ccn2)cc1. The first-order chi connectivity index (χ1) is 27.5. The molecule has 0 N–H and O–H groups in total. The predicted octanol–water partition coefficient (Wildman–Crippen LogP) is 8.30. The smallest absolute Gasteiger partial charge is 0.416 e. The number of hydrogen-bond donors (Lipinski definition) is 0. The number of rotatable bonds is 10. The molecule has 11 nitrogen and oxygen atoms in total. The summed E-state index contributed by atoms with van der Waals surface area (Å²) in [7, 11) is 1.59. The Morgan fingerprint density at radius 3 is 2.35 bits per heavy atom. The highest BCUT2D eigenvalue weighted by molar-refractivity contribution is 6.08. The Morgan fingerprint density at radius 2 is 1.60 bits per heavy atom. The van der Waals surface area contributed by atoms with Crippen LogP contribution in [-0.4, -0.2) is 70.6 Å². The van der Waals surface area contributed by atoms with Gasteiger partial charge in [-0.3, -0.25) is 9.69 Å². The zero-order chi connectivity index (χ0) is 40.1. The maximum Gasteiger partial charge on any atom is 0.416 e. The number of methoxy groups -OCH3 is 1. The van der Waals surface area contributed by atoms with Crippen LogP contribution in [0, 0.1) is 5.92 Å². The molecule has 1 unspecified atom stereocenters. The van der Waals surface area contributed by atoms with Crippen LogP contribution in [0.5, 0.6) is 5.75 Å². The maximum atomic E-state index is 14.3. The monoisotopic (exact) mass is 768 g/mol. The van der Waals surface area contributed by atoms with Gasteiger partial charge in [-0.25, -0.2) is 24.3 Å². The molecular formula is C46H48N4O7. The number of fused-ring (bicyclic) bond motifs is 1. The minimum absolute atomic E-state index is 0.00159. The molecule has 4 amide bonds. The molecule has 0 bridgehead atoms. The molecule has 7 rings (SSSR count). The van der Waals surface area contributed by atoms with Gasteiger partial charge in [-0.1, -0.05) is 84.9 Å². The van der Waals surface area contributed by atoms with E-state index in [-0.39, 0.29) is 25.5 Å². The van der Waals surface area contributed by atoms with Crippen molar-refractivity contribution in [3.8, 4) is 5.75 Å². The lowest BCUT2D eigenvalue weighted by atomic mass is 9.82. The summed E-state index contributed by atoms with van der Waals surface area (Å²) in [5.74, 6) is -0.901. The molecule has 2 aliphatic rings. The van der Waals surface area contributed by atoms with E-state index < -0.39 is 41.6 Å². The number of benzene rings is 4. The van der Waals surface area contributed by atoms with Crippen LogP contribution in [0.2, 0.25) is 0 Å². The van der Waals surface area contributed by atoms with Crippen LogP contribution in [-0.2, 0) is 38.6 Å². The number of esters is 1. The highest BCUT2D eigenvalue weighted by atomic mass is 16.6. The number of piperidine rings is 1. The number of aromatic nitrogens is 1. The molecule has 3 heterocycles. The largest absolute Gasteiger partial charge is 0.497 e. The lowest BCUT2D eigenvalue weighted by Gasteiger charge is -2.46. The minimum atomic E-state index is -1.13. The summed E-state index contributed by atoms with van der Waals surface area (Å²) < 4.78 is 16.9. The van der Waals surface area contributed by atoms with Crippen LogP contribution >= 0.6 is 0 Å². The Bertz CT molecular complexity index is 2230. The Morgan fingerprint density at radius 1 is 0.860 bits per heavy atom. The van der Waals surface area contributed by atoms with E-state index in [0.717, 1.165) is 45.2 Å². The van der Waals surface area contributed by atoms with Gasteiger partial charge in [0.1, 0.15) is 23.8 Å². The van der Waals surface area contributed by atoms with Crippen molar-refractivity contribution in [2.24, 2.45) is 5.92 Å². The third-order valence-corrected chi connectivity index (χ3v) is 10.5. The van der Waals surface area contributed by atoms with Gasteiger partial charge in [0, 0.05) is 25.2 Å². The third-order valence-electron chi connectivity index (χ3n) is 10.5. The van der Waals surface area contributed by atoms with Crippen LogP contribution < -0.4 is 9.64 Å². The molecule has 2 fully saturated rings. The number of nitrogens with zero attached hydrogens (tertiary/aromatic N) is 4. The summed E-state index contributed by atoms with van der Waals surface area (Å²) in [5.41, 5.74) is 2.66. The van der Waals surface area contributed by atoms with E-state index >= 15 is 0 Å². The van der Waals surface area contributed by atoms with Crippen molar-refractivity contribution in [1.29, 1.82) is 0 Å². The Hall–Kier alpha value is -6.23. The van der Waals surface area contributed by atoms with Gasteiger partial charge in [0.05, 0.1) is 19.6 Å². The average Bonchev–Trinajstić information content (AvgIpc) is 3.22. The highest BCUT2D eigenvalue weighted by Crippen LogP contribution is 2.37. The fourth-order valence-electron chi connectivity index (χ4n) is 7.67. The van der Waals surface area contributed by atoms with E-state index in [2.05, 4.69) is 29.2 Å². The lowest BCUT2D eigenvalue weighted by Crippen LogP contribution is -2.69. The molecule has 57 heavy (non-hydrogen) atoms. The molecular weight excluding hydrogens is 721 g/mol. The first kappa shape index (κ1) is 39.0. The summed E-state index contributed by atoms with van der Waals surface area (Å²) in [6.45, 7) is 6.44. The molecule has 11 heteroatoms. The van der Waals surface area contributed by atoms with E-state index in [1.54, 1.807) is 51.1 Å². The van der Waals surface area contributed by atoms with E-state index in [1.165, 1.54) is 4.90 Å². The van der Waals surface area contributed by atoms with Crippen molar-refractivity contribution in [3.63, 3.8) is 0 Å². The molecule has 0 saturated carbocycles. The second-order valence-electron chi connectivity index (χ2n) is 15.6. The molecule has 5 aromatic rings. The number of likely N-dealkylation sites (tertiary alicyclic amines) is 2. The second kappa shape index (κ2) is 16.9. The number of carbonyl (C=O) groups is 4. The summed E-state index contributed by atoms with van der Waals surface area (Å²) in [6.07, 6.45) is 2.75. The van der Waals surface area contributed by atoms with E-state index in [4.69, 9.17) is 14.2 Å². The standard InChI is InChI=1S/C46H48N4O7/c1-46(2,3)57-45(54)49(28-31-19-21-36(55-4)22-20-31)40-27-33(23-24-47-40)26-39-41(43(52)56-30-32-12-6-5-7-13-32)50(42(39)51)44(53)48-25-11-16-35(29-48)38-18-10-15-34-14-8-9-17-37(34)38/h5-10,12-15,17-24,27,35,39,41H,11,16,25-26,28-30H2,1-4H3/t35?,39-,41+/m1/s1. The number of β-lactam (4-membered cyclic amide) rings is 1. The van der Waals surface area contributed by atoms with Crippen molar-refractivity contribution in [2.45, 2.75) is 70.7 Å². The molecule has 0 radical (unpaired) electrons. The zero-order valence-electron chi connectivity index (χ0n) is 32.8. The summed E-state index contributed by atoms with van der Waals surface area (Å²) in [4.78, 5) is 64.7. The van der Waals surface area contributed by atoms with Crippen LogP contribution in [0.15, 0.2) is 115 Å². The third kappa shape index (κ3) is 8.93. The molecule has 3 atom stereocenters. The Labute approximate surface area is 333 Å². The van der Waals surface area contributed by atoms with E-state index in [1.807, 2.05) is 72.8 Å². The number of amides is 4. The van der Waals surface area contributed by atoms with Crippen molar-refractivity contribution >= 4 is 40.6 Å². The van der Waals surface area contributed by atoms with Crippen molar-refractivity contribution in [3.05, 3.63) is 138 Å².